The summed E-state index contributed by atoms with van der Waals surface area (Å²) in [5, 5.41) is 11.1. The maximum atomic E-state index is 16.8. The number of hydrogen-bond donors (Lipinski definition) is 1. The summed E-state index contributed by atoms with van der Waals surface area (Å²) in [4.78, 5) is 26.6. The van der Waals surface area contributed by atoms with E-state index < -0.39 is 29.2 Å². The molecule has 1 aliphatic heterocycles. The molecule has 1 saturated heterocycles. The van der Waals surface area contributed by atoms with E-state index in [0.29, 0.717) is 23.7 Å². The lowest BCUT2D eigenvalue weighted by Gasteiger charge is -2.44. The highest BCUT2D eigenvalue weighted by Crippen LogP contribution is 2.46. The first kappa shape index (κ1) is 32.0. The number of amides is 1. The van der Waals surface area contributed by atoms with Gasteiger partial charge in [-0.15, -0.1) is 0 Å². The van der Waals surface area contributed by atoms with Gasteiger partial charge in [-0.2, -0.15) is 23.1 Å². The van der Waals surface area contributed by atoms with Crippen molar-refractivity contribution in [1.82, 2.24) is 19.8 Å². The molecular weight excluding hydrogens is 590 g/mol. The zero-order valence-electron chi connectivity index (χ0n) is 25.5. The fraction of sp³-hybridized carbons (Fsp3) is 0.364. The monoisotopic (exact) mass is 625 g/mol. The van der Waals surface area contributed by atoms with Crippen molar-refractivity contribution in [2.75, 3.05) is 45.2 Å². The number of nitrogens with zero attached hydrogens (tertiary/aromatic N) is 5. The van der Waals surface area contributed by atoms with E-state index in [0.717, 1.165) is 12.1 Å². The molecule has 2 atom stereocenters. The molecule has 0 spiro atoms. The number of piperazine rings is 1. The lowest BCUT2D eigenvalue weighted by molar-refractivity contribution is -0.137. The normalized spacial score (nSPS) is 17.4. The van der Waals surface area contributed by atoms with Gasteiger partial charge in [-0.1, -0.05) is 30.8 Å². The van der Waals surface area contributed by atoms with Crippen molar-refractivity contribution in [3.8, 4) is 22.9 Å². The molecule has 8 nitrogen and oxygen atoms in total. The molecule has 0 bridgehead atoms. The summed E-state index contributed by atoms with van der Waals surface area (Å²) in [5.74, 6) is -1.71. The molecule has 0 unspecified atom stereocenters. The van der Waals surface area contributed by atoms with E-state index in [-0.39, 0.29) is 65.7 Å². The van der Waals surface area contributed by atoms with Crippen LogP contribution in [0.4, 0.5) is 23.4 Å². The predicted octanol–water partition coefficient (Wildman–Crippen LogP) is 6.26. The van der Waals surface area contributed by atoms with Crippen molar-refractivity contribution in [1.29, 1.82) is 0 Å². The summed E-state index contributed by atoms with van der Waals surface area (Å²) in [5.41, 5.74) is -2.42. The van der Waals surface area contributed by atoms with Crippen LogP contribution >= 0.6 is 0 Å². The Labute approximate surface area is 258 Å². The van der Waals surface area contributed by atoms with Gasteiger partial charge in [0, 0.05) is 42.7 Å². The fourth-order valence-electron chi connectivity index (χ4n) is 5.85. The number of benzene rings is 3. The van der Waals surface area contributed by atoms with E-state index in [4.69, 9.17) is 4.74 Å². The Morgan fingerprint density at radius 2 is 1.84 bits per heavy atom. The minimum atomic E-state index is -4.97. The van der Waals surface area contributed by atoms with Gasteiger partial charge in [0.2, 0.25) is 5.91 Å². The number of carbonyl (C=O) groups is 1. The molecule has 1 aliphatic rings. The van der Waals surface area contributed by atoms with Crippen LogP contribution in [-0.4, -0.2) is 83.2 Å². The number of alkyl halides is 3. The molecule has 3 aromatic carbocycles. The number of aromatic hydroxyl groups is 1. The smallest absolute Gasteiger partial charge is 0.417 e. The van der Waals surface area contributed by atoms with E-state index in [9.17, 15) is 23.1 Å². The Bertz CT molecular complexity index is 1760. The van der Waals surface area contributed by atoms with Crippen LogP contribution in [0.3, 0.4) is 0 Å². The van der Waals surface area contributed by atoms with Crippen molar-refractivity contribution in [3.63, 3.8) is 0 Å². The summed E-state index contributed by atoms with van der Waals surface area (Å²) >= 11 is 0. The first-order chi connectivity index (χ1) is 21.3. The van der Waals surface area contributed by atoms with Gasteiger partial charge >= 0.3 is 12.2 Å². The molecule has 2 heterocycles. The van der Waals surface area contributed by atoms with Crippen LogP contribution < -0.4 is 9.64 Å². The van der Waals surface area contributed by atoms with Crippen molar-refractivity contribution in [2.24, 2.45) is 0 Å². The van der Waals surface area contributed by atoms with Crippen LogP contribution in [0.25, 0.3) is 32.8 Å². The zero-order chi connectivity index (χ0) is 32.6. The molecule has 1 fully saturated rings. The second-order valence-corrected chi connectivity index (χ2v) is 11.6. The molecule has 1 aromatic heterocycles. The average Bonchev–Trinajstić information content (AvgIpc) is 2.98. The third kappa shape index (κ3) is 6.37. The molecular formula is C33H35F4N5O3. The van der Waals surface area contributed by atoms with E-state index >= 15 is 4.39 Å². The highest BCUT2D eigenvalue weighted by atomic mass is 19.4. The fourth-order valence-corrected chi connectivity index (χ4v) is 5.85. The number of halogens is 4. The SMILES string of the molecule is C=CC(=O)N1C[C@H](C)N(c2nc(OCCCN(C)C)nc3c(F)c(-c4cc(O)cc5ccccc45)c(C(F)(F)F)cc23)C[C@H]1C. The van der Waals surface area contributed by atoms with Crippen LogP contribution in [0.2, 0.25) is 0 Å². The standard InChI is InChI=1S/C33H35F4N5O3/c1-6-27(44)41-17-20(3)42(18-19(41)2)31-25-16-26(33(35,36)37)28(24-15-22(43)14-21-10-7-8-11-23(21)24)29(34)30(25)38-32(39-31)45-13-9-12-40(4)5/h6-8,10-11,14-16,19-20,43H,1,9,12-13,17-18H2,2-5H3/t19-,20+/m1/s1. The number of carbonyl (C=O) groups excluding carboxylic acids is 1. The van der Waals surface area contributed by atoms with Gasteiger partial charge in [0.25, 0.3) is 0 Å². The summed E-state index contributed by atoms with van der Waals surface area (Å²) in [7, 11) is 3.81. The Balaban J connectivity index is 1.76. The van der Waals surface area contributed by atoms with Crippen LogP contribution in [0.1, 0.15) is 25.8 Å². The summed E-state index contributed by atoms with van der Waals surface area (Å²) in [6.45, 7) is 8.56. The third-order valence-electron chi connectivity index (χ3n) is 8.01. The molecule has 4 aromatic rings. The van der Waals surface area contributed by atoms with E-state index in [1.807, 2.05) is 32.8 Å². The first-order valence-corrected chi connectivity index (χ1v) is 14.6. The van der Waals surface area contributed by atoms with Crippen LogP contribution in [-0.2, 0) is 11.0 Å². The van der Waals surface area contributed by atoms with Crippen molar-refractivity contribution in [3.05, 3.63) is 66.5 Å². The molecule has 238 valence electrons. The lowest BCUT2D eigenvalue weighted by atomic mass is 9.92. The molecule has 5 rings (SSSR count). The Kier molecular flexibility index (Phi) is 8.88. The number of anilines is 1. The number of aromatic nitrogens is 2. The Morgan fingerprint density at radius 1 is 1.11 bits per heavy atom. The minimum absolute atomic E-state index is 0.0735. The van der Waals surface area contributed by atoms with Gasteiger partial charge < -0.3 is 24.5 Å². The van der Waals surface area contributed by atoms with E-state index in [1.54, 1.807) is 34.1 Å². The molecule has 45 heavy (non-hydrogen) atoms. The van der Waals surface area contributed by atoms with Crippen molar-refractivity contribution < 1.29 is 32.2 Å². The third-order valence-corrected chi connectivity index (χ3v) is 8.01. The molecule has 0 aliphatic carbocycles. The van der Waals surface area contributed by atoms with Gasteiger partial charge in [0.05, 0.1) is 12.2 Å². The van der Waals surface area contributed by atoms with Crippen molar-refractivity contribution >= 4 is 33.4 Å². The quantitative estimate of drug-likeness (QED) is 0.141. The maximum absolute atomic E-state index is 16.8. The number of fused-ring (bicyclic) bond motifs is 2. The summed E-state index contributed by atoms with van der Waals surface area (Å²) in [6, 6.07) is 9.01. The molecule has 0 saturated carbocycles. The van der Waals surface area contributed by atoms with Crippen LogP contribution in [0.5, 0.6) is 11.8 Å². The molecule has 0 radical (unpaired) electrons. The number of rotatable bonds is 8. The molecule has 1 amide bonds. The largest absolute Gasteiger partial charge is 0.508 e. The van der Waals surface area contributed by atoms with Gasteiger partial charge in [-0.3, -0.25) is 4.79 Å². The van der Waals surface area contributed by atoms with E-state index in [2.05, 4.69) is 16.5 Å². The van der Waals surface area contributed by atoms with Gasteiger partial charge in [-0.25, -0.2) is 4.39 Å². The minimum Gasteiger partial charge on any atom is -0.508 e. The first-order valence-electron chi connectivity index (χ1n) is 14.6. The van der Waals surface area contributed by atoms with Gasteiger partial charge in [-0.05, 0) is 75.0 Å². The second kappa shape index (κ2) is 12.5. The topological polar surface area (TPSA) is 82.0 Å². The van der Waals surface area contributed by atoms with Crippen molar-refractivity contribution in [2.45, 2.75) is 38.5 Å². The summed E-state index contributed by atoms with van der Waals surface area (Å²) < 4.78 is 67.1. The highest BCUT2D eigenvalue weighted by molar-refractivity contribution is 6.02. The molecule has 1 N–H and O–H groups in total. The Morgan fingerprint density at radius 3 is 2.53 bits per heavy atom. The van der Waals surface area contributed by atoms with Crippen LogP contribution in [0.15, 0.2) is 55.1 Å². The van der Waals surface area contributed by atoms with Gasteiger partial charge in [0.15, 0.2) is 5.82 Å². The number of phenolic OH excluding ortho intramolecular Hbond substituents is 1. The van der Waals surface area contributed by atoms with Gasteiger partial charge in [0.1, 0.15) is 17.1 Å². The number of hydrogen-bond acceptors (Lipinski definition) is 7. The lowest BCUT2D eigenvalue weighted by Crippen LogP contribution is -2.58. The number of ether oxygens (including phenoxy) is 1. The predicted molar refractivity (Wildman–Crippen MR) is 166 cm³/mol. The summed E-state index contributed by atoms with van der Waals surface area (Å²) in [6.07, 6.45) is -3.14. The average molecular weight is 626 g/mol. The maximum Gasteiger partial charge on any atom is 0.417 e. The Hall–Kier alpha value is -4.45. The second-order valence-electron chi connectivity index (χ2n) is 11.6. The highest BCUT2D eigenvalue weighted by Gasteiger charge is 2.39. The van der Waals surface area contributed by atoms with E-state index in [1.165, 1.54) is 12.1 Å². The number of phenols is 1. The molecule has 12 heteroatoms. The zero-order valence-corrected chi connectivity index (χ0v) is 25.5. The van der Waals surface area contributed by atoms with Crippen LogP contribution in [0, 0.1) is 5.82 Å².